The molecule has 1 heterocycles. The number of amides is 2. The van der Waals surface area contributed by atoms with Crippen LogP contribution in [0.2, 0.25) is 0 Å². The van der Waals surface area contributed by atoms with Gasteiger partial charge in [-0.05, 0) is 67.5 Å². The summed E-state index contributed by atoms with van der Waals surface area (Å²) in [6.07, 6.45) is -2.61. The lowest BCUT2D eigenvalue weighted by molar-refractivity contribution is -0.138. The van der Waals surface area contributed by atoms with Gasteiger partial charge < -0.3 is 10.6 Å². The van der Waals surface area contributed by atoms with E-state index in [1.807, 2.05) is 0 Å². The van der Waals surface area contributed by atoms with Gasteiger partial charge in [0.05, 0.1) is 16.0 Å². The summed E-state index contributed by atoms with van der Waals surface area (Å²) in [5, 5.41) is 0. The Bertz CT molecular complexity index is 1340. The highest BCUT2D eigenvalue weighted by Crippen LogP contribution is 2.54. The zero-order valence-electron chi connectivity index (χ0n) is 19.1. The van der Waals surface area contributed by atoms with Crippen molar-refractivity contribution in [3.05, 3.63) is 64.7 Å². The maximum atomic E-state index is 15.1. The van der Waals surface area contributed by atoms with Crippen LogP contribution >= 0.6 is 0 Å². The molecule has 2 aromatic rings. The van der Waals surface area contributed by atoms with Crippen molar-refractivity contribution in [2.45, 2.75) is 48.2 Å². The van der Waals surface area contributed by atoms with E-state index in [1.54, 1.807) is 0 Å². The fourth-order valence-corrected chi connectivity index (χ4v) is 5.83. The lowest BCUT2D eigenvalue weighted by Gasteiger charge is -2.43. The third-order valence-electron chi connectivity index (χ3n) is 6.96. The maximum Gasteiger partial charge on any atom is 0.416 e. The van der Waals surface area contributed by atoms with Crippen LogP contribution in [-0.4, -0.2) is 43.5 Å². The standard InChI is InChI=1S/C24H23F5N2O4S/c1-36(34,35)15-6-8-18(25)17(12-15)21(32)31-10-2-9-23(31,22(30)33)20(13-3-4-13)16-7-5-14(11-19(16)26)24(27,28)29/h5-8,11-13,20H,2-4,9-10H2,1H3,(H2,30,33)/t20-,23+/m1/s1. The van der Waals surface area contributed by atoms with E-state index in [0.717, 1.165) is 35.4 Å². The van der Waals surface area contributed by atoms with Crippen LogP contribution < -0.4 is 5.73 Å². The number of rotatable bonds is 6. The molecule has 2 aromatic carbocycles. The third-order valence-corrected chi connectivity index (χ3v) is 8.07. The highest BCUT2D eigenvalue weighted by Gasteiger charge is 2.59. The predicted octanol–water partition coefficient (Wildman–Crippen LogP) is 4.04. The van der Waals surface area contributed by atoms with E-state index < -0.39 is 62.0 Å². The monoisotopic (exact) mass is 530 g/mol. The first-order chi connectivity index (χ1) is 16.7. The molecule has 1 aliphatic carbocycles. The van der Waals surface area contributed by atoms with E-state index in [2.05, 4.69) is 0 Å². The summed E-state index contributed by atoms with van der Waals surface area (Å²) >= 11 is 0. The van der Waals surface area contributed by atoms with Crippen molar-refractivity contribution in [3.8, 4) is 0 Å². The molecule has 194 valence electrons. The normalized spacial score (nSPS) is 21.4. The second kappa shape index (κ2) is 8.82. The highest BCUT2D eigenvalue weighted by molar-refractivity contribution is 7.90. The van der Waals surface area contributed by atoms with Crippen LogP contribution in [-0.2, 0) is 20.8 Å². The molecule has 12 heteroatoms. The van der Waals surface area contributed by atoms with Crippen LogP contribution in [0.15, 0.2) is 41.3 Å². The second-order valence-corrected chi connectivity index (χ2v) is 11.3. The first kappa shape index (κ1) is 26.1. The molecule has 0 spiro atoms. The summed E-state index contributed by atoms with van der Waals surface area (Å²) in [6.45, 7) is -0.0597. The molecule has 0 unspecified atom stereocenters. The number of hydrogen-bond acceptors (Lipinski definition) is 4. The number of carbonyl (C=O) groups is 2. The van der Waals surface area contributed by atoms with Crippen molar-refractivity contribution >= 4 is 21.7 Å². The van der Waals surface area contributed by atoms with Crippen LogP contribution in [0.1, 0.15) is 53.1 Å². The Morgan fingerprint density at radius 3 is 2.28 bits per heavy atom. The molecule has 2 aliphatic rings. The van der Waals surface area contributed by atoms with Gasteiger partial charge in [0.25, 0.3) is 5.91 Å². The van der Waals surface area contributed by atoms with Crippen LogP contribution in [0, 0.1) is 17.6 Å². The fraction of sp³-hybridized carbons (Fsp3) is 0.417. The van der Waals surface area contributed by atoms with Gasteiger partial charge in [-0.1, -0.05) is 6.07 Å². The Hall–Kier alpha value is -3.02. The average molecular weight is 531 g/mol. The molecule has 2 atom stereocenters. The third kappa shape index (κ3) is 4.46. The van der Waals surface area contributed by atoms with Crippen molar-refractivity contribution in [2.24, 2.45) is 11.7 Å². The molecule has 2 fully saturated rings. The van der Waals surface area contributed by atoms with E-state index in [-0.39, 0.29) is 35.8 Å². The van der Waals surface area contributed by atoms with Gasteiger partial charge in [-0.25, -0.2) is 17.2 Å². The smallest absolute Gasteiger partial charge is 0.368 e. The molecule has 1 saturated heterocycles. The number of sulfone groups is 1. The van der Waals surface area contributed by atoms with Gasteiger partial charge in [-0.2, -0.15) is 13.2 Å². The second-order valence-electron chi connectivity index (χ2n) is 9.31. The largest absolute Gasteiger partial charge is 0.416 e. The molecule has 36 heavy (non-hydrogen) atoms. The van der Waals surface area contributed by atoms with E-state index in [0.29, 0.717) is 25.0 Å². The molecular formula is C24H23F5N2O4S. The van der Waals surface area contributed by atoms with Gasteiger partial charge in [-0.3, -0.25) is 9.59 Å². The molecular weight excluding hydrogens is 507 g/mol. The van der Waals surface area contributed by atoms with Crippen LogP contribution in [0.5, 0.6) is 0 Å². The quantitative estimate of drug-likeness (QED) is 0.450. The first-order valence-electron chi connectivity index (χ1n) is 11.2. The Kier molecular flexibility index (Phi) is 6.39. The number of nitrogens with two attached hydrogens (primary N) is 1. The number of alkyl halides is 3. The van der Waals surface area contributed by atoms with E-state index in [1.165, 1.54) is 0 Å². The summed E-state index contributed by atoms with van der Waals surface area (Å²) in [5.41, 5.74) is 1.97. The molecule has 1 aliphatic heterocycles. The summed E-state index contributed by atoms with van der Waals surface area (Å²) in [5.74, 6) is -5.63. The summed E-state index contributed by atoms with van der Waals surface area (Å²) in [4.78, 5) is 27.3. The number of nitrogens with zero attached hydrogens (tertiary/aromatic N) is 1. The minimum absolute atomic E-state index is 0.0108. The Morgan fingerprint density at radius 2 is 1.75 bits per heavy atom. The van der Waals surface area contributed by atoms with E-state index in [4.69, 9.17) is 5.73 Å². The molecule has 2 amide bonds. The predicted molar refractivity (Wildman–Crippen MR) is 119 cm³/mol. The number of carbonyl (C=O) groups excluding carboxylic acids is 2. The van der Waals surface area contributed by atoms with Gasteiger partial charge in [-0.15, -0.1) is 0 Å². The highest BCUT2D eigenvalue weighted by atomic mass is 32.2. The SMILES string of the molecule is CS(=O)(=O)c1ccc(F)c(C(=O)N2CCC[C@@]2(C(N)=O)[C@@H](c2ccc(C(F)(F)F)cc2F)C2CC2)c1. The lowest BCUT2D eigenvalue weighted by Crippen LogP contribution is -2.60. The first-order valence-corrected chi connectivity index (χ1v) is 13.0. The van der Waals surface area contributed by atoms with Gasteiger partial charge in [0.1, 0.15) is 17.2 Å². The molecule has 1 saturated carbocycles. The van der Waals surface area contributed by atoms with Gasteiger partial charge in [0.15, 0.2) is 9.84 Å². The van der Waals surface area contributed by atoms with Crippen molar-refractivity contribution in [3.63, 3.8) is 0 Å². The van der Waals surface area contributed by atoms with Gasteiger partial charge in [0, 0.05) is 18.7 Å². The molecule has 0 radical (unpaired) electrons. The fourth-order valence-electron chi connectivity index (χ4n) is 5.19. The number of likely N-dealkylation sites (tertiary alicyclic amines) is 1. The number of benzene rings is 2. The molecule has 2 N–H and O–H groups in total. The summed E-state index contributed by atoms with van der Waals surface area (Å²) in [7, 11) is -3.80. The summed E-state index contributed by atoms with van der Waals surface area (Å²) in [6, 6.07) is 4.69. The van der Waals surface area contributed by atoms with Crippen molar-refractivity contribution in [1.29, 1.82) is 0 Å². The van der Waals surface area contributed by atoms with Gasteiger partial charge >= 0.3 is 6.18 Å². The van der Waals surface area contributed by atoms with Crippen LogP contribution in [0.4, 0.5) is 22.0 Å². The zero-order valence-corrected chi connectivity index (χ0v) is 19.9. The van der Waals surface area contributed by atoms with Crippen molar-refractivity contribution in [2.75, 3.05) is 12.8 Å². The zero-order chi connectivity index (χ0) is 26.6. The molecule has 0 bridgehead atoms. The van der Waals surface area contributed by atoms with Gasteiger partial charge in [0.2, 0.25) is 5.91 Å². The number of primary amides is 1. The Labute approximate surface area is 204 Å². The van der Waals surface area contributed by atoms with Crippen LogP contribution in [0.25, 0.3) is 0 Å². The summed E-state index contributed by atoms with van der Waals surface area (Å²) < 4.78 is 93.1. The average Bonchev–Trinajstić information content (AvgIpc) is 3.50. The number of halogens is 5. The van der Waals surface area contributed by atoms with E-state index >= 15 is 4.39 Å². The minimum Gasteiger partial charge on any atom is -0.368 e. The topological polar surface area (TPSA) is 97.5 Å². The van der Waals surface area contributed by atoms with E-state index in [9.17, 15) is 35.6 Å². The lowest BCUT2D eigenvalue weighted by atomic mass is 9.73. The van der Waals surface area contributed by atoms with Crippen LogP contribution in [0.3, 0.4) is 0 Å². The Morgan fingerprint density at radius 1 is 1.08 bits per heavy atom. The van der Waals surface area contributed by atoms with Crippen molar-refractivity contribution < 1.29 is 40.0 Å². The van der Waals surface area contributed by atoms with Crippen molar-refractivity contribution in [1.82, 2.24) is 4.90 Å². The molecule has 4 rings (SSSR count). The minimum atomic E-state index is -4.78. The molecule has 0 aromatic heterocycles. The Balaban J connectivity index is 1.84. The number of hydrogen-bond donors (Lipinski definition) is 1. The molecule has 6 nitrogen and oxygen atoms in total. The maximum absolute atomic E-state index is 15.1.